The van der Waals surface area contributed by atoms with Gasteiger partial charge in [-0.05, 0) is 86.1 Å². The lowest BCUT2D eigenvalue weighted by Gasteiger charge is -2.36. The van der Waals surface area contributed by atoms with Gasteiger partial charge in [0.25, 0.3) is 0 Å². The van der Waals surface area contributed by atoms with Gasteiger partial charge in [0.15, 0.2) is 0 Å². The Balaban J connectivity index is 1.55. The largest absolute Gasteiger partial charge is 0.496 e. The van der Waals surface area contributed by atoms with Gasteiger partial charge in [-0.15, -0.1) is 0 Å². The minimum atomic E-state index is -0.596. The van der Waals surface area contributed by atoms with Crippen molar-refractivity contribution < 1.29 is 9.47 Å². The first kappa shape index (κ1) is 27.5. The minimum Gasteiger partial charge on any atom is -0.496 e. The summed E-state index contributed by atoms with van der Waals surface area (Å²) < 4.78 is 12.0. The van der Waals surface area contributed by atoms with E-state index < -0.39 is 15.2 Å². The normalized spacial score (nSPS) is 17.6. The number of rotatable bonds is 9. The minimum absolute atomic E-state index is 0.547. The van der Waals surface area contributed by atoms with Crippen LogP contribution in [-0.2, 0) is 0 Å². The van der Waals surface area contributed by atoms with Crippen molar-refractivity contribution in [2.45, 2.75) is 62.9 Å². The molecule has 0 bridgehead atoms. The number of hydrogen-bond acceptors (Lipinski definition) is 2. The van der Waals surface area contributed by atoms with Gasteiger partial charge in [0.1, 0.15) is 11.5 Å². The summed E-state index contributed by atoms with van der Waals surface area (Å²) in [7, 11) is 2.43. The molecule has 40 heavy (non-hydrogen) atoms. The lowest BCUT2D eigenvalue weighted by molar-refractivity contribution is 0.410. The van der Waals surface area contributed by atoms with Gasteiger partial charge in [-0.3, -0.25) is 0 Å². The third kappa shape index (κ3) is 5.59. The van der Waals surface area contributed by atoms with Gasteiger partial charge in [-0.1, -0.05) is 111 Å². The summed E-state index contributed by atoms with van der Waals surface area (Å²) in [5, 5.41) is 4.45. The molecule has 0 heterocycles. The Hall–Kier alpha value is -2.66. The highest BCUT2D eigenvalue weighted by molar-refractivity contribution is 8.39. The molecule has 0 aromatic heterocycles. The zero-order chi connectivity index (χ0) is 27.3. The molecule has 0 aliphatic heterocycles. The lowest BCUT2D eigenvalue weighted by Crippen LogP contribution is -2.21. The van der Waals surface area contributed by atoms with Gasteiger partial charge in [0.2, 0.25) is 0 Å². The van der Waals surface area contributed by atoms with Crippen molar-refractivity contribution in [3.8, 4) is 22.6 Å². The molecule has 0 spiro atoms. The molecule has 2 fully saturated rings. The molecule has 2 nitrogen and oxygen atoms in total. The molecule has 4 heteroatoms. The first-order valence-corrected chi connectivity index (χ1v) is 18.3. The van der Waals surface area contributed by atoms with Crippen LogP contribution in [0.15, 0.2) is 97.1 Å². The predicted molar refractivity (Wildman–Crippen MR) is 174 cm³/mol. The van der Waals surface area contributed by atoms with Crippen LogP contribution >= 0.6 is 15.2 Å². The zero-order valence-corrected chi connectivity index (χ0v) is 25.5. The van der Waals surface area contributed by atoms with Crippen molar-refractivity contribution in [3.63, 3.8) is 0 Å². The molecular formula is C36H40O2P2. The maximum atomic E-state index is 6.08. The summed E-state index contributed by atoms with van der Waals surface area (Å²) in [6.45, 7) is 0. The van der Waals surface area contributed by atoms with Gasteiger partial charge in [0, 0.05) is 11.1 Å². The molecule has 0 N–H and O–H groups in total. The third-order valence-electron chi connectivity index (χ3n) is 8.70. The predicted octanol–water partition coefficient (Wildman–Crippen LogP) is 9.13. The Morgan fingerprint density at radius 1 is 0.575 bits per heavy atom. The number of para-hydroxylation sites is 1. The van der Waals surface area contributed by atoms with E-state index in [0.29, 0.717) is 5.66 Å². The van der Waals surface area contributed by atoms with Crippen LogP contribution in [0.1, 0.15) is 62.8 Å². The van der Waals surface area contributed by atoms with Crippen LogP contribution < -0.4 is 25.4 Å². The fourth-order valence-corrected chi connectivity index (χ4v) is 16.0. The van der Waals surface area contributed by atoms with Gasteiger partial charge in [-0.2, -0.15) is 0 Å². The average Bonchev–Trinajstić information content (AvgIpc) is 3.76. The second kappa shape index (κ2) is 12.9. The van der Waals surface area contributed by atoms with Crippen molar-refractivity contribution in [2.24, 2.45) is 0 Å². The second-order valence-electron chi connectivity index (χ2n) is 11.1. The number of methoxy groups -OCH3 is 2. The molecule has 206 valence electrons. The molecular weight excluding hydrogens is 526 g/mol. The molecule has 2 aliphatic rings. The highest BCUT2D eigenvalue weighted by atomic mass is 32.1. The fourth-order valence-electron chi connectivity index (χ4n) is 6.73. The van der Waals surface area contributed by atoms with Crippen LogP contribution in [0.5, 0.6) is 11.5 Å². The summed E-state index contributed by atoms with van der Waals surface area (Å²) in [6, 6.07) is 36.4. The Bertz CT molecular complexity index is 1390. The number of hydrogen-bond donors (Lipinski definition) is 0. The van der Waals surface area contributed by atoms with E-state index in [-0.39, 0.29) is 0 Å². The third-order valence-corrected chi connectivity index (χ3v) is 17.1. The highest BCUT2D eigenvalue weighted by Gasteiger charge is 2.37. The Labute approximate surface area is 242 Å². The Morgan fingerprint density at radius 3 is 1.88 bits per heavy atom. The molecule has 2 aliphatic carbocycles. The zero-order valence-electron chi connectivity index (χ0n) is 23.8. The molecule has 4 aromatic carbocycles. The molecule has 6 rings (SSSR count). The molecule has 4 aromatic rings. The molecule has 2 unspecified atom stereocenters. The van der Waals surface area contributed by atoms with Gasteiger partial charge >= 0.3 is 0 Å². The van der Waals surface area contributed by atoms with Crippen LogP contribution in [0.4, 0.5) is 0 Å². The SMILES string of the molecule is COc1ccccc1-c1c(OC)cccc1P(C1CCCC1)P(c1ccccc1)c1ccc(C2CCCC2)cc1. The number of ether oxygens (including phenoxy) is 2. The van der Waals surface area contributed by atoms with Gasteiger partial charge < -0.3 is 9.47 Å². The van der Waals surface area contributed by atoms with E-state index in [2.05, 4.69) is 97.1 Å². The number of benzene rings is 4. The quantitative estimate of drug-likeness (QED) is 0.188. The summed E-state index contributed by atoms with van der Waals surface area (Å²) in [6.07, 6.45) is 10.7. The average molecular weight is 567 g/mol. The molecule has 0 saturated heterocycles. The van der Waals surface area contributed by atoms with Crippen molar-refractivity contribution in [1.29, 1.82) is 0 Å². The van der Waals surface area contributed by atoms with Crippen LogP contribution in [0.25, 0.3) is 11.1 Å². The van der Waals surface area contributed by atoms with Gasteiger partial charge in [-0.25, -0.2) is 0 Å². The lowest BCUT2D eigenvalue weighted by atomic mass is 9.98. The summed E-state index contributed by atoms with van der Waals surface area (Å²) in [5.74, 6) is 2.58. The topological polar surface area (TPSA) is 18.5 Å². The van der Waals surface area contributed by atoms with Crippen molar-refractivity contribution in [2.75, 3.05) is 14.2 Å². The van der Waals surface area contributed by atoms with E-state index in [1.807, 2.05) is 0 Å². The van der Waals surface area contributed by atoms with E-state index in [1.54, 1.807) is 14.2 Å². The van der Waals surface area contributed by atoms with Crippen molar-refractivity contribution in [3.05, 3.63) is 103 Å². The van der Waals surface area contributed by atoms with Crippen LogP contribution in [0.2, 0.25) is 0 Å². The summed E-state index contributed by atoms with van der Waals surface area (Å²) in [4.78, 5) is 0. The van der Waals surface area contributed by atoms with Crippen molar-refractivity contribution >= 4 is 31.1 Å². The molecule has 2 saturated carbocycles. The second-order valence-corrected chi connectivity index (χ2v) is 17.1. The summed E-state index contributed by atoms with van der Waals surface area (Å²) in [5.41, 5.74) is 4.57. The van der Waals surface area contributed by atoms with E-state index >= 15 is 0 Å². The van der Waals surface area contributed by atoms with Gasteiger partial charge in [0.05, 0.1) is 14.2 Å². The maximum absolute atomic E-state index is 6.08. The molecule has 0 amide bonds. The standard InChI is InChI=1S/C36H40O2P2/c1-37-33-20-11-10-19-32(33)36-34(38-2)21-12-22-35(36)40(30-17-8-9-18-30)39(29-15-4-3-5-16-29)31-25-23-28(24-26-31)27-13-6-7-14-27/h3-5,10-12,15-16,19-27,30H,6-9,13-14,17-18H2,1-2H3. The van der Waals surface area contributed by atoms with Crippen LogP contribution in [0, 0.1) is 0 Å². The van der Waals surface area contributed by atoms with Crippen molar-refractivity contribution in [1.82, 2.24) is 0 Å². The summed E-state index contributed by atoms with van der Waals surface area (Å²) >= 11 is 0. The van der Waals surface area contributed by atoms with E-state index in [9.17, 15) is 0 Å². The van der Waals surface area contributed by atoms with E-state index in [4.69, 9.17) is 9.47 Å². The Morgan fingerprint density at radius 2 is 1.18 bits per heavy atom. The monoisotopic (exact) mass is 566 g/mol. The Kier molecular flexibility index (Phi) is 8.86. The first-order chi connectivity index (χ1) is 19.8. The van der Waals surface area contributed by atoms with Crippen LogP contribution in [0.3, 0.4) is 0 Å². The smallest absolute Gasteiger partial charge is 0.127 e. The van der Waals surface area contributed by atoms with E-state index in [1.165, 1.54) is 78.4 Å². The molecule has 0 radical (unpaired) electrons. The van der Waals surface area contributed by atoms with E-state index in [0.717, 1.165) is 23.0 Å². The highest BCUT2D eigenvalue weighted by Crippen LogP contribution is 2.72. The van der Waals surface area contributed by atoms with Crippen LogP contribution in [-0.4, -0.2) is 19.9 Å². The molecule has 2 atom stereocenters. The maximum Gasteiger partial charge on any atom is 0.127 e. The first-order valence-electron chi connectivity index (χ1n) is 14.8. The fraction of sp³-hybridized carbons (Fsp3) is 0.333.